The fourth-order valence-electron chi connectivity index (χ4n) is 3.46. The van der Waals surface area contributed by atoms with Crippen LogP contribution in [0.15, 0.2) is 70.6 Å². The van der Waals surface area contributed by atoms with Gasteiger partial charge in [0, 0.05) is 5.02 Å². The number of nitrogens with zero attached hydrogens (tertiary/aromatic N) is 1. The molecule has 1 heterocycles. The summed E-state index contributed by atoms with van der Waals surface area (Å²) in [4.78, 5) is 17.6. The molecular weight excluding hydrogens is 484 g/mol. The number of rotatable bonds is 8. The standard InChI is InChI=1S/C27H25ClN2O4S/c1-4-33-24-13-18(8-10-23(24)34-16-19-7-5-6-17(2)12-19)14-25-26(31)30-27(35-25)29-21-15-20(28)9-11-22(21)32-3/h5-15H,4,16H2,1-3H3,(H,29,30,31)/b25-14-. The molecule has 0 spiro atoms. The van der Waals surface area contributed by atoms with Gasteiger partial charge in [0.25, 0.3) is 5.91 Å². The third kappa shape index (κ3) is 6.38. The third-order valence-electron chi connectivity index (χ3n) is 5.06. The number of aryl methyl sites for hydroxylation is 1. The summed E-state index contributed by atoms with van der Waals surface area (Å²) in [6, 6.07) is 18.9. The molecule has 1 aliphatic heterocycles. The summed E-state index contributed by atoms with van der Waals surface area (Å²) in [5.41, 5.74) is 3.62. The van der Waals surface area contributed by atoms with Crippen LogP contribution in [0, 0.1) is 6.92 Å². The molecule has 0 aliphatic carbocycles. The van der Waals surface area contributed by atoms with Crippen LogP contribution in [0.5, 0.6) is 17.2 Å². The maximum atomic E-state index is 12.6. The lowest BCUT2D eigenvalue weighted by molar-refractivity contribution is -0.115. The number of benzene rings is 3. The lowest BCUT2D eigenvalue weighted by Crippen LogP contribution is -2.19. The number of aliphatic imine (C=N–C) groups is 1. The number of amides is 1. The molecule has 4 rings (SSSR count). The summed E-state index contributed by atoms with van der Waals surface area (Å²) in [6.07, 6.45) is 1.80. The Morgan fingerprint density at radius 1 is 1.03 bits per heavy atom. The van der Waals surface area contributed by atoms with Gasteiger partial charge in [-0.05, 0) is 73.1 Å². The number of nitrogens with one attached hydrogen (secondary N) is 1. The van der Waals surface area contributed by atoms with E-state index in [0.29, 0.717) is 51.2 Å². The van der Waals surface area contributed by atoms with E-state index in [1.807, 2.05) is 37.3 Å². The third-order valence-corrected chi connectivity index (χ3v) is 6.20. The second-order valence-corrected chi connectivity index (χ2v) is 9.18. The van der Waals surface area contributed by atoms with Gasteiger partial charge in [-0.1, -0.05) is 47.5 Å². The molecule has 3 aromatic carbocycles. The van der Waals surface area contributed by atoms with Gasteiger partial charge in [0.05, 0.1) is 18.6 Å². The van der Waals surface area contributed by atoms with Gasteiger partial charge in [-0.3, -0.25) is 4.79 Å². The molecule has 6 nitrogen and oxygen atoms in total. The molecule has 1 amide bonds. The molecule has 1 N–H and O–H groups in total. The Morgan fingerprint density at radius 3 is 2.63 bits per heavy atom. The van der Waals surface area contributed by atoms with Gasteiger partial charge in [-0.2, -0.15) is 0 Å². The number of halogens is 1. The Labute approximate surface area is 214 Å². The minimum atomic E-state index is -0.229. The number of amidine groups is 1. The molecule has 0 atom stereocenters. The average Bonchev–Trinajstić information content (AvgIpc) is 3.17. The van der Waals surface area contributed by atoms with Gasteiger partial charge in [0.15, 0.2) is 16.7 Å². The summed E-state index contributed by atoms with van der Waals surface area (Å²) >= 11 is 7.33. The van der Waals surface area contributed by atoms with Crippen LogP contribution in [0.25, 0.3) is 6.08 Å². The summed E-state index contributed by atoms with van der Waals surface area (Å²) in [7, 11) is 1.56. The quantitative estimate of drug-likeness (QED) is 0.350. The van der Waals surface area contributed by atoms with E-state index in [2.05, 4.69) is 29.4 Å². The minimum absolute atomic E-state index is 0.229. The zero-order chi connectivity index (χ0) is 24.8. The first-order chi connectivity index (χ1) is 16.9. The Morgan fingerprint density at radius 2 is 1.86 bits per heavy atom. The van der Waals surface area contributed by atoms with Crippen LogP contribution in [0.1, 0.15) is 23.6 Å². The van der Waals surface area contributed by atoms with Gasteiger partial charge < -0.3 is 19.5 Å². The molecule has 1 aliphatic rings. The van der Waals surface area contributed by atoms with Crippen molar-refractivity contribution in [2.45, 2.75) is 20.5 Å². The Kier molecular flexibility index (Phi) is 8.00. The van der Waals surface area contributed by atoms with E-state index in [1.165, 1.54) is 17.3 Å². The molecule has 3 aromatic rings. The predicted molar refractivity (Wildman–Crippen MR) is 142 cm³/mol. The molecule has 0 saturated carbocycles. The first-order valence-electron chi connectivity index (χ1n) is 11.0. The van der Waals surface area contributed by atoms with Crippen LogP contribution >= 0.6 is 23.4 Å². The average molecular weight is 509 g/mol. The fourth-order valence-corrected chi connectivity index (χ4v) is 4.46. The van der Waals surface area contributed by atoms with E-state index in [9.17, 15) is 4.79 Å². The largest absolute Gasteiger partial charge is 0.494 e. The lowest BCUT2D eigenvalue weighted by Gasteiger charge is -2.13. The SMILES string of the molecule is CCOc1cc(/C=C2\SC(=Nc3cc(Cl)ccc3OC)NC2=O)ccc1OCc1cccc(C)c1. The van der Waals surface area contributed by atoms with E-state index in [0.717, 1.165) is 11.1 Å². The molecule has 1 fully saturated rings. The lowest BCUT2D eigenvalue weighted by atomic mass is 10.1. The first kappa shape index (κ1) is 24.7. The molecule has 0 bridgehead atoms. The highest BCUT2D eigenvalue weighted by molar-refractivity contribution is 8.18. The second-order valence-electron chi connectivity index (χ2n) is 7.71. The van der Waals surface area contributed by atoms with Gasteiger partial charge in [-0.25, -0.2) is 4.99 Å². The molecule has 0 aromatic heterocycles. The molecule has 180 valence electrons. The van der Waals surface area contributed by atoms with E-state index >= 15 is 0 Å². The van der Waals surface area contributed by atoms with Crippen molar-refractivity contribution in [2.75, 3.05) is 13.7 Å². The monoisotopic (exact) mass is 508 g/mol. The van der Waals surface area contributed by atoms with Crippen molar-refractivity contribution >= 4 is 46.2 Å². The molecular formula is C27H25ClN2O4S. The summed E-state index contributed by atoms with van der Waals surface area (Å²) in [5.74, 6) is 1.61. The molecule has 1 saturated heterocycles. The number of hydrogen-bond acceptors (Lipinski definition) is 6. The van der Waals surface area contributed by atoms with E-state index in [1.54, 1.807) is 31.4 Å². The van der Waals surface area contributed by atoms with Crippen LogP contribution < -0.4 is 19.5 Å². The number of hydrogen-bond donors (Lipinski definition) is 1. The normalized spacial score (nSPS) is 15.4. The molecule has 0 unspecified atom stereocenters. The molecule has 0 radical (unpaired) electrons. The zero-order valence-corrected chi connectivity index (χ0v) is 21.2. The number of methoxy groups -OCH3 is 1. The van der Waals surface area contributed by atoms with Crippen LogP contribution in [0.3, 0.4) is 0 Å². The van der Waals surface area contributed by atoms with Gasteiger partial charge >= 0.3 is 0 Å². The maximum Gasteiger partial charge on any atom is 0.264 e. The Hall–Kier alpha value is -3.42. The molecule has 35 heavy (non-hydrogen) atoms. The number of carbonyl (C=O) groups excluding carboxylic acids is 1. The van der Waals surface area contributed by atoms with Crippen molar-refractivity contribution in [3.63, 3.8) is 0 Å². The molecule has 8 heteroatoms. The van der Waals surface area contributed by atoms with Crippen molar-refractivity contribution in [1.29, 1.82) is 0 Å². The Bertz CT molecular complexity index is 1310. The van der Waals surface area contributed by atoms with Crippen molar-refractivity contribution in [3.8, 4) is 17.2 Å². The van der Waals surface area contributed by atoms with E-state index in [-0.39, 0.29) is 5.91 Å². The van der Waals surface area contributed by atoms with Crippen LogP contribution in [-0.2, 0) is 11.4 Å². The maximum absolute atomic E-state index is 12.6. The number of carbonyl (C=O) groups is 1. The van der Waals surface area contributed by atoms with Crippen LogP contribution in [-0.4, -0.2) is 24.8 Å². The minimum Gasteiger partial charge on any atom is -0.494 e. The highest BCUT2D eigenvalue weighted by Crippen LogP contribution is 2.35. The summed E-state index contributed by atoms with van der Waals surface area (Å²) in [5, 5.41) is 3.77. The van der Waals surface area contributed by atoms with Gasteiger partial charge in [-0.15, -0.1) is 0 Å². The highest BCUT2D eigenvalue weighted by Gasteiger charge is 2.24. The van der Waals surface area contributed by atoms with Crippen molar-refractivity contribution < 1.29 is 19.0 Å². The second kappa shape index (κ2) is 11.3. The van der Waals surface area contributed by atoms with Crippen LogP contribution in [0.4, 0.5) is 5.69 Å². The van der Waals surface area contributed by atoms with Crippen molar-refractivity contribution in [1.82, 2.24) is 5.32 Å². The summed E-state index contributed by atoms with van der Waals surface area (Å²) in [6.45, 7) is 4.90. The predicted octanol–water partition coefficient (Wildman–Crippen LogP) is 6.53. The summed E-state index contributed by atoms with van der Waals surface area (Å²) < 4.78 is 17.2. The Balaban J connectivity index is 1.53. The topological polar surface area (TPSA) is 69.2 Å². The van der Waals surface area contributed by atoms with E-state index < -0.39 is 0 Å². The smallest absolute Gasteiger partial charge is 0.264 e. The van der Waals surface area contributed by atoms with Crippen molar-refractivity contribution in [2.24, 2.45) is 4.99 Å². The van der Waals surface area contributed by atoms with E-state index in [4.69, 9.17) is 25.8 Å². The number of thioether (sulfide) groups is 1. The van der Waals surface area contributed by atoms with Crippen molar-refractivity contribution in [3.05, 3.63) is 87.3 Å². The van der Waals surface area contributed by atoms with Gasteiger partial charge in [0.1, 0.15) is 18.0 Å². The highest BCUT2D eigenvalue weighted by atomic mass is 35.5. The first-order valence-corrected chi connectivity index (χ1v) is 12.2. The zero-order valence-electron chi connectivity index (χ0n) is 19.6. The van der Waals surface area contributed by atoms with Crippen LogP contribution in [0.2, 0.25) is 5.02 Å². The fraction of sp³-hybridized carbons (Fsp3) is 0.185. The number of ether oxygens (including phenoxy) is 3. The van der Waals surface area contributed by atoms with Gasteiger partial charge in [0.2, 0.25) is 0 Å².